The molecule has 2 aromatic carbocycles. The molecule has 0 saturated carbocycles. The van der Waals surface area contributed by atoms with E-state index < -0.39 is 11.7 Å². The Morgan fingerprint density at radius 3 is 2.14 bits per heavy atom. The van der Waals surface area contributed by atoms with E-state index in [1.165, 1.54) is 16.7 Å². The molecule has 0 radical (unpaired) electrons. The summed E-state index contributed by atoms with van der Waals surface area (Å²) in [6.45, 7) is 9.99. The van der Waals surface area contributed by atoms with E-state index in [4.69, 9.17) is 4.74 Å². The van der Waals surface area contributed by atoms with Gasteiger partial charge in [-0.2, -0.15) is 0 Å². The Kier molecular flexibility index (Phi) is 12.8. The molecular formula is C31H45FO4. The van der Waals surface area contributed by atoms with Crippen molar-refractivity contribution in [2.75, 3.05) is 19.8 Å². The highest BCUT2D eigenvalue weighted by Crippen LogP contribution is 2.29. The molecule has 5 heteroatoms. The van der Waals surface area contributed by atoms with Gasteiger partial charge in [-0.1, -0.05) is 57.2 Å². The molecule has 0 aliphatic heterocycles. The fourth-order valence-corrected chi connectivity index (χ4v) is 4.67. The maximum atomic E-state index is 14.8. The van der Waals surface area contributed by atoms with Crippen molar-refractivity contribution in [1.82, 2.24) is 0 Å². The molecule has 36 heavy (non-hydrogen) atoms. The first kappa shape index (κ1) is 30.2. The van der Waals surface area contributed by atoms with Crippen molar-refractivity contribution in [3.05, 3.63) is 82.2 Å². The van der Waals surface area contributed by atoms with Gasteiger partial charge in [0.1, 0.15) is 5.82 Å². The van der Waals surface area contributed by atoms with Crippen LogP contribution in [-0.2, 0) is 36.8 Å². The van der Waals surface area contributed by atoms with Crippen LogP contribution in [-0.4, -0.2) is 41.4 Å². The van der Waals surface area contributed by atoms with E-state index in [0.717, 1.165) is 44.1 Å². The first-order valence-corrected chi connectivity index (χ1v) is 13.3. The van der Waals surface area contributed by atoms with E-state index in [-0.39, 0.29) is 19.0 Å². The fraction of sp³-hybridized carbons (Fsp3) is 0.548. The maximum absolute atomic E-state index is 14.8. The van der Waals surface area contributed by atoms with Crippen LogP contribution in [0.2, 0.25) is 0 Å². The van der Waals surface area contributed by atoms with Gasteiger partial charge in [-0.25, -0.2) is 4.39 Å². The molecule has 0 saturated heterocycles. The largest absolute Gasteiger partial charge is 0.396 e. The molecular weight excluding hydrogens is 455 g/mol. The first-order valence-electron chi connectivity index (χ1n) is 13.3. The van der Waals surface area contributed by atoms with E-state index in [9.17, 15) is 19.7 Å². The number of aliphatic hydroxyl groups excluding tert-OH is 3. The number of halogens is 1. The fourth-order valence-electron chi connectivity index (χ4n) is 4.67. The molecule has 0 aliphatic rings. The normalized spacial score (nSPS) is 12.6. The Morgan fingerprint density at radius 2 is 1.56 bits per heavy atom. The number of hydrogen-bond donors (Lipinski definition) is 3. The average Bonchev–Trinajstić information content (AvgIpc) is 2.88. The summed E-state index contributed by atoms with van der Waals surface area (Å²) in [6.07, 6.45) is 6.10. The number of aliphatic hydroxyl groups is 3. The van der Waals surface area contributed by atoms with Crippen LogP contribution in [0, 0.1) is 11.2 Å². The lowest BCUT2D eigenvalue weighted by Gasteiger charge is -2.29. The Bertz CT molecular complexity index is 952. The standard InChI is InChI=1S/C31H45FO4/c1-5-16-31(21-33,22-34)17-15-25-9-11-27(26(6-2)19-25)13-14-28-12-10-24(20-29(28)32)8-7-18-36-30(35)23(3)4/h9-12,19-20,30,33-35H,3,5-8,13-18,21-22H2,1-2,4H3. The SMILES string of the molecule is C=C(C)C(O)OCCCc1ccc(CCc2ccc(CCC(CO)(CO)CCC)cc2CC)c(F)c1. The molecule has 0 heterocycles. The highest BCUT2D eigenvalue weighted by Gasteiger charge is 2.27. The monoisotopic (exact) mass is 500 g/mol. The molecule has 1 unspecified atom stereocenters. The molecule has 2 aromatic rings. The first-order chi connectivity index (χ1) is 17.3. The lowest BCUT2D eigenvalue weighted by Crippen LogP contribution is -2.30. The minimum atomic E-state index is -0.943. The summed E-state index contributed by atoms with van der Waals surface area (Å²) in [7, 11) is 0. The average molecular weight is 501 g/mol. The molecule has 0 aliphatic carbocycles. The van der Waals surface area contributed by atoms with Crippen LogP contribution in [0.1, 0.15) is 74.3 Å². The van der Waals surface area contributed by atoms with Gasteiger partial charge in [-0.3, -0.25) is 0 Å². The molecule has 0 spiro atoms. The van der Waals surface area contributed by atoms with Crippen LogP contribution < -0.4 is 0 Å². The summed E-state index contributed by atoms with van der Waals surface area (Å²) in [6, 6.07) is 12.0. The number of aryl methyl sites for hydroxylation is 5. The van der Waals surface area contributed by atoms with Gasteiger partial charge in [-0.15, -0.1) is 0 Å². The van der Waals surface area contributed by atoms with Crippen molar-refractivity contribution in [1.29, 1.82) is 0 Å². The van der Waals surface area contributed by atoms with Crippen LogP contribution in [0.4, 0.5) is 4.39 Å². The Balaban J connectivity index is 1.94. The van der Waals surface area contributed by atoms with Crippen LogP contribution >= 0.6 is 0 Å². The zero-order chi connectivity index (χ0) is 26.6. The molecule has 200 valence electrons. The third-order valence-electron chi connectivity index (χ3n) is 7.13. The predicted octanol–water partition coefficient (Wildman–Crippen LogP) is 5.72. The van der Waals surface area contributed by atoms with Crippen molar-refractivity contribution < 1.29 is 24.4 Å². The molecule has 1 atom stereocenters. The Labute approximate surface area is 216 Å². The van der Waals surface area contributed by atoms with Gasteiger partial charge in [0.25, 0.3) is 0 Å². The zero-order valence-corrected chi connectivity index (χ0v) is 22.4. The number of benzene rings is 2. The van der Waals surface area contributed by atoms with Gasteiger partial charge in [0.05, 0.1) is 19.8 Å². The summed E-state index contributed by atoms with van der Waals surface area (Å²) in [4.78, 5) is 0. The van der Waals surface area contributed by atoms with Crippen LogP contribution in [0.25, 0.3) is 0 Å². The number of rotatable bonds is 17. The van der Waals surface area contributed by atoms with Crippen molar-refractivity contribution in [2.45, 2.75) is 84.8 Å². The third kappa shape index (κ3) is 9.11. The van der Waals surface area contributed by atoms with Crippen LogP contribution in [0.3, 0.4) is 0 Å². The maximum Gasteiger partial charge on any atom is 0.176 e. The van der Waals surface area contributed by atoms with E-state index in [1.54, 1.807) is 13.0 Å². The second kappa shape index (κ2) is 15.3. The van der Waals surface area contributed by atoms with Crippen molar-refractivity contribution in [2.24, 2.45) is 5.41 Å². The van der Waals surface area contributed by atoms with E-state index in [1.807, 2.05) is 12.1 Å². The molecule has 2 rings (SSSR count). The minimum absolute atomic E-state index is 0.00627. The van der Waals surface area contributed by atoms with E-state index in [2.05, 4.69) is 38.6 Å². The van der Waals surface area contributed by atoms with Gasteiger partial charge >= 0.3 is 0 Å². The quantitative estimate of drug-likeness (QED) is 0.148. The lowest BCUT2D eigenvalue weighted by atomic mass is 9.79. The smallest absolute Gasteiger partial charge is 0.176 e. The number of hydrogen-bond acceptors (Lipinski definition) is 4. The molecule has 3 N–H and O–H groups in total. The van der Waals surface area contributed by atoms with Gasteiger partial charge < -0.3 is 20.1 Å². The van der Waals surface area contributed by atoms with Gasteiger partial charge in [0.15, 0.2) is 6.29 Å². The van der Waals surface area contributed by atoms with Gasteiger partial charge in [0.2, 0.25) is 0 Å². The summed E-state index contributed by atoms with van der Waals surface area (Å²) in [5.41, 5.74) is 5.53. The third-order valence-corrected chi connectivity index (χ3v) is 7.13. The van der Waals surface area contributed by atoms with Crippen molar-refractivity contribution in [3.63, 3.8) is 0 Å². The topological polar surface area (TPSA) is 69.9 Å². The second-order valence-corrected chi connectivity index (χ2v) is 10.1. The molecule has 0 amide bonds. The zero-order valence-electron chi connectivity index (χ0n) is 22.4. The lowest BCUT2D eigenvalue weighted by molar-refractivity contribution is -0.0723. The van der Waals surface area contributed by atoms with E-state index in [0.29, 0.717) is 37.0 Å². The Morgan fingerprint density at radius 1 is 0.917 bits per heavy atom. The summed E-state index contributed by atoms with van der Waals surface area (Å²) >= 11 is 0. The summed E-state index contributed by atoms with van der Waals surface area (Å²) in [5.74, 6) is -0.176. The number of ether oxygens (including phenoxy) is 1. The second-order valence-electron chi connectivity index (χ2n) is 10.1. The molecule has 0 fully saturated rings. The predicted molar refractivity (Wildman–Crippen MR) is 145 cm³/mol. The summed E-state index contributed by atoms with van der Waals surface area (Å²) in [5, 5.41) is 29.3. The van der Waals surface area contributed by atoms with E-state index >= 15 is 0 Å². The molecule has 0 aromatic heterocycles. The van der Waals surface area contributed by atoms with Crippen molar-refractivity contribution >= 4 is 0 Å². The molecule has 0 bridgehead atoms. The van der Waals surface area contributed by atoms with Crippen LogP contribution in [0.15, 0.2) is 48.6 Å². The highest BCUT2D eigenvalue weighted by atomic mass is 19.1. The van der Waals surface area contributed by atoms with Gasteiger partial charge in [0, 0.05) is 5.41 Å². The van der Waals surface area contributed by atoms with Crippen LogP contribution in [0.5, 0.6) is 0 Å². The summed E-state index contributed by atoms with van der Waals surface area (Å²) < 4.78 is 20.1. The van der Waals surface area contributed by atoms with Gasteiger partial charge in [-0.05, 0) is 97.7 Å². The van der Waals surface area contributed by atoms with Crippen molar-refractivity contribution in [3.8, 4) is 0 Å². The Hall–Kier alpha value is -2.05. The highest BCUT2D eigenvalue weighted by molar-refractivity contribution is 5.34. The minimum Gasteiger partial charge on any atom is -0.396 e. The molecule has 4 nitrogen and oxygen atoms in total.